The number of carboxylic acid groups (broad SMARTS) is 1. The smallest absolute Gasteiger partial charge is 0.325 e. The van der Waals surface area contributed by atoms with Gasteiger partial charge in [-0.05, 0) is 12.8 Å². The Morgan fingerprint density at radius 3 is 2.80 bits per heavy atom. The molecule has 0 bridgehead atoms. The number of aromatic nitrogens is 3. The molecule has 8 nitrogen and oxygen atoms in total. The first kappa shape index (κ1) is 15.9. The zero-order valence-corrected chi connectivity index (χ0v) is 11.8. The lowest BCUT2D eigenvalue weighted by Crippen LogP contribution is -2.41. The van der Waals surface area contributed by atoms with E-state index in [2.05, 4.69) is 27.9 Å². The van der Waals surface area contributed by atoms with Crippen LogP contribution in [0.4, 0.5) is 4.79 Å². The highest BCUT2D eigenvalue weighted by Crippen LogP contribution is 2.00. The first-order chi connectivity index (χ1) is 9.55. The molecule has 0 aromatic carbocycles. The van der Waals surface area contributed by atoms with Gasteiger partial charge in [0.15, 0.2) is 0 Å². The van der Waals surface area contributed by atoms with Crippen LogP contribution in [0.5, 0.6) is 0 Å². The maximum absolute atomic E-state index is 11.7. The van der Waals surface area contributed by atoms with E-state index in [0.29, 0.717) is 5.69 Å². The van der Waals surface area contributed by atoms with Crippen molar-refractivity contribution in [3.63, 3.8) is 0 Å². The van der Waals surface area contributed by atoms with Crippen LogP contribution in [-0.2, 0) is 17.9 Å². The second kappa shape index (κ2) is 8.13. The van der Waals surface area contributed by atoms with Crippen LogP contribution in [0.1, 0.15) is 38.8 Å². The molecule has 0 saturated heterocycles. The number of amides is 2. The molecule has 0 saturated carbocycles. The molecule has 112 valence electrons. The number of nitrogens with zero attached hydrogens (tertiary/aromatic N) is 3. The van der Waals surface area contributed by atoms with E-state index in [1.165, 1.54) is 10.9 Å². The van der Waals surface area contributed by atoms with E-state index in [1.807, 2.05) is 6.92 Å². The van der Waals surface area contributed by atoms with Crippen LogP contribution in [0.3, 0.4) is 0 Å². The molecule has 1 heterocycles. The summed E-state index contributed by atoms with van der Waals surface area (Å²) in [5, 5.41) is 21.6. The third-order valence-corrected chi connectivity index (χ3v) is 2.78. The van der Waals surface area contributed by atoms with Gasteiger partial charge in [-0.3, -0.25) is 4.79 Å². The van der Waals surface area contributed by atoms with Gasteiger partial charge in [-0.1, -0.05) is 25.5 Å². The van der Waals surface area contributed by atoms with Gasteiger partial charge in [0.2, 0.25) is 0 Å². The molecule has 0 aliphatic rings. The number of carbonyl (C=O) groups excluding carboxylic acids is 1. The topological polar surface area (TPSA) is 109 Å². The zero-order valence-electron chi connectivity index (χ0n) is 11.8. The summed E-state index contributed by atoms with van der Waals surface area (Å²) < 4.78 is 1.21. The molecule has 0 aliphatic carbocycles. The minimum atomic E-state index is -0.988. The summed E-state index contributed by atoms with van der Waals surface area (Å²) in [6, 6.07) is -0.0826. The summed E-state index contributed by atoms with van der Waals surface area (Å²) in [6.45, 7) is 4.07. The van der Waals surface area contributed by atoms with E-state index >= 15 is 0 Å². The Balaban J connectivity index is 2.36. The van der Waals surface area contributed by atoms with Crippen molar-refractivity contribution >= 4 is 12.0 Å². The summed E-state index contributed by atoms with van der Waals surface area (Å²) in [5.74, 6) is -0.988. The monoisotopic (exact) mass is 283 g/mol. The maximum Gasteiger partial charge on any atom is 0.325 e. The van der Waals surface area contributed by atoms with Crippen LogP contribution in [-0.4, -0.2) is 38.1 Å². The second-order valence-electron chi connectivity index (χ2n) is 4.52. The van der Waals surface area contributed by atoms with Crippen molar-refractivity contribution in [1.82, 2.24) is 25.6 Å². The van der Waals surface area contributed by atoms with Gasteiger partial charge in [-0.15, -0.1) is 5.10 Å². The highest BCUT2D eigenvalue weighted by atomic mass is 16.4. The number of hydrogen-bond acceptors (Lipinski definition) is 4. The standard InChI is InChI=1S/C12H21N5O3/c1-3-5-9(4-2)14-12(20)13-6-10-7-17(16-15-10)8-11(18)19/h7,9H,3-6,8H2,1-2H3,(H,18,19)(H2,13,14,20). The third-order valence-electron chi connectivity index (χ3n) is 2.78. The fraction of sp³-hybridized carbons (Fsp3) is 0.667. The molecule has 8 heteroatoms. The highest BCUT2D eigenvalue weighted by Gasteiger charge is 2.10. The van der Waals surface area contributed by atoms with Gasteiger partial charge in [0.05, 0.1) is 12.7 Å². The Morgan fingerprint density at radius 2 is 2.20 bits per heavy atom. The van der Waals surface area contributed by atoms with E-state index in [9.17, 15) is 9.59 Å². The SMILES string of the molecule is CCCC(CC)NC(=O)NCc1cn(CC(=O)O)nn1. The maximum atomic E-state index is 11.7. The van der Waals surface area contributed by atoms with E-state index in [-0.39, 0.29) is 25.2 Å². The Morgan fingerprint density at radius 1 is 1.45 bits per heavy atom. The second-order valence-corrected chi connectivity index (χ2v) is 4.52. The number of nitrogens with one attached hydrogen (secondary N) is 2. The summed E-state index contributed by atoms with van der Waals surface area (Å²) >= 11 is 0. The van der Waals surface area contributed by atoms with Gasteiger partial charge in [0.1, 0.15) is 12.2 Å². The number of aliphatic carboxylic acids is 1. The lowest BCUT2D eigenvalue weighted by Gasteiger charge is -2.16. The first-order valence-electron chi connectivity index (χ1n) is 6.70. The molecule has 1 aromatic rings. The minimum absolute atomic E-state index is 0.169. The molecule has 3 N–H and O–H groups in total. The van der Waals surface area contributed by atoms with Gasteiger partial charge < -0.3 is 15.7 Å². The van der Waals surface area contributed by atoms with Crippen molar-refractivity contribution in [2.24, 2.45) is 0 Å². The molecular weight excluding hydrogens is 262 g/mol. The normalized spacial score (nSPS) is 11.9. The number of rotatable bonds is 8. The summed E-state index contributed by atoms with van der Waals surface area (Å²) in [4.78, 5) is 22.2. The average Bonchev–Trinajstić information content (AvgIpc) is 2.82. The number of urea groups is 1. The minimum Gasteiger partial charge on any atom is -0.480 e. The number of hydrogen-bond donors (Lipinski definition) is 3. The number of carboxylic acids is 1. The van der Waals surface area contributed by atoms with Crippen molar-refractivity contribution in [1.29, 1.82) is 0 Å². The van der Waals surface area contributed by atoms with Gasteiger partial charge >= 0.3 is 12.0 Å². The van der Waals surface area contributed by atoms with Crippen LogP contribution >= 0.6 is 0 Å². The fourth-order valence-electron chi connectivity index (χ4n) is 1.77. The summed E-state index contributed by atoms with van der Waals surface area (Å²) in [6.07, 6.45) is 4.34. The predicted molar refractivity (Wildman–Crippen MR) is 72.0 cm³/mol. The highest BCUT2D eigenvalue weighted by molar-refractivity contribution is 5.74. The summed E-state index contributed by atoms with van der Waals surface area (Å²) in [5.41, 5.74) is 0.518. The Kier molecular flexibility index (Phi) is 6.48. The molecule has 2 amide bonds. The van der Waals surface area contributed by atoms with Gasteiger partial charge in [0.25, 0.3) is 0 Å². The molecule has 0 aliphatic heterocycles. The van der Waals surface area contributed by atoms with Crippen LogP contribution in [0, 0.1) is 0 Å². The molecule has 1 aromatic heterocycles. The van der Waals surface area contributed by atoms with E-state index in [0.717, 1.165) is 19.3 Å². The molecule has 0 spiro atoms. The lowest BCUT2D eigenvalue weighted by molar-refractivity contribution is -0.137. The van der Waals surface area contributed by atoms with Gasteiger partial charge in [0, 0.05) is 6.04 Å². The lowest BCUT2D eigenvalue weighted by atomic mass is 10.1. The van der Waals surface area contributed by atoms with E-state index < -0.39 is 5.97 Å². The van der Waals surface area contributed by atoms with Crippen LogP contribution in [0.15, 0.2) is 6.20 Å². The van der Waals surface area contributed by atoms with Crippen molar-refractivity contribution in [3.8, 4) is 0 Å². The molecular formula is C12H21N5O3. The quantitative estimate of drug-likeness (QED) is 0.652. The van der Waals surface area contributed by atoms with Gasteiger partial charge in [-0.25, -0.2) is 9.48 Å². The molecule has 0 fully saturated rings. The molecule has 1 rings (SSSR count). The van der Waals surface area contributed by atoms with Crippen LogP contribution < -0.4 is 10.6 Å². The molecule has 20 heavy (non-hydrogen) atoms. The Bertz CT molecular complexity index is 446. The average molecular weight is 283 g/mol. The van der Waals surface area contributed by atoms with Gasteiger partial charge in [-0.2, -0.15) is 0 Å². The number of carbonyl (C=O) groups is 2. The fourth-order valence-corrected chi connectivity index (χ4v) is 1.77. The van der Waals surface area contributed by atoms with Crippen LogP contribution in [0.25, 0.3) is 0 Å². The first-order valence-corrected chi connectivity index (χ1v) is 6.70. The zero-order chi connectivity index (χ0) is 15.0. The van der Waals surface area contributed by atoms with Crippen molar-refractivity contribution in [3.05, 3.63) is 11.9 Å². The largest absolute Gasteiger partial charge is 0.480 e. The molecule has 1 unspecified atom stereocenters. The van der Waals surface area contributed by atoms with Crippen molar-refractivity contribution < 1.29 is 14.7 Å². The Hall–Kier alpha value is -2.12. The van der Waals surface area contributed by atoms with E-state index in [1.54, 1.807) is 0 Å². The van der Waals surface area contributed by atoms with Crippen molar-refractivity contribution in [2.75, 3.05) is 0 Å². The Labute approximate surface area is 117 Å². The van der Waals surface area contributed by atoms with E-state index in [4.69, 9.17) is 5.11 Å². The van der Waals surface area contributed by atoms with Crippen LogP contribution in [0.2, 0.25) is 0 Å². The summed E-state index contributed by atoms with van der Waals surface area (Å²) in [7, 11) is 0. The van der Waals surface area contributed by atoms with Crippen molar-refractivity contribution in [2.45, 2.75) is 52.2 Å². The molecule has 0 radical (unpaired) electrons. The third kappa shape index (κ3) is 5.68. The molecule has 1 atom stereocenters. The predicted octanol–water partition coefficient (Wildman–Crippen LogP) is 0.741.